The molecule has 0 bridgehead atoms. The summed E-state index contributed by atoms with van der Waals surface area (Å²) >= 11 is 11.3. The van der Waals surface area contributed by atoms with Crippen molar-refractivity contribution < 1.29 is 0 Å². The Balaban J connectivity index is 1.71. The van der Waals surface area contributed by atoms with Gasteiger partial charge in [0.05, 0.1) is 6.33 Å². The average molecular weight is 309 g/mol. The average Bonchev–Trinajstić information content (AvgIpc) is 2.92. The first-order valence-electron chi connectivity index (χ1n) is 6.42. The predicted octanol–water partition coefficient (Wildman–Crippen LogP) is 3.22. The maximum Gasteiger partial charge on any atom is 0.170 e. The second-order valence-corrected chi connectivity index (χ2v) is 5.31. The lowest BCUT2D eigenvalue weighted by atomic mass is 10.2. The summed E-state index contributed by atoms with van der Waals surface area (Å²) in [5, 5.41) is 7.63. The lowest BCUT2D eigenvalue weighted by Crippen LogP contribution is -2.29. The minimum Gasteiger partial charge on any atom is -0.362 e. The first-order valence-corrected chi connectivity index (χ1v) is 7.20. The number of nitrogens with zero attached hydrogens (tertiary/aromatic N) is 2. The SMILES string of the molecule is Cc1ccc(NC(=S)NCCCn2ccnc2)cc1Cl. The Hall–Kier alpha value is -1.59. The van der Waals surface area contributed by atoms with Crippen LogP contribution in [0, 0.1) is 6.92 Å². The summed E-state index contributed by atoms with van der Waals surface area (Å²) in [6.07, 6.45) is 6.52. The molecule has 0 saturated heterocycles. The fourth-order valence-electron chi connectivity index (χ4n) is 1.73. The highest BCUT2D eigenvalue weighted by molar-refractivity contribution is 7.80. The van der Waals surface area contributed by atoms with Crippen molar-refractivity contribution in [3.63, 3.8) is 0 Å². The van der Waals surface area contributed by atoms with E-state index in [0.717, 1.165) is 35.8 Å². The van der Waals surface area contributed by atoms with Gasteiger partial charge in [-0.1, -0.05) is 17.7 Å². The molecule has 2 N–H and O–H groups in total. The summed E-state index contributed by atoms with van der Waals surface area (Å²) in [5.41, 5.74) is 1.95. The molecule has 0 aliphatic carbocycles. The van der Waals surface area contributed by atoms with Gasteiger partial charge in [0.1, 0.15) is 0 Å². The van der Waals surface area contributed by atoms with Gasteiger partial charge in [0, 0.05) is 36.2 Å². The van der Waals surface area contributed by atoms with Crippen LogP contribution in [-0.2, 0) is 6.54 Å². The lowest BCUT2D eigenvalue weighted by Gasteiger charge is -2.11. The normalized spacial score (nSPS) is 10.3. The Bertz CT molecular complexity index is 569. The molecular formula is C14H17ClN4S. The van der Waals surface area contributed by atoms with Gasteiger partial charge >= 0.3 is 0 Å². The Morgan fingerprint density at radius 1 is 1.45 bits per heavy atom. The minimum absolute atomic E-state index is 0.607. The van der Waals surface area contributed by atoms with Crippen molar-refractivity contribution in [3.8, 4) is 0 Å². The molecule has 0 aliphatic heterocycles. The summed E-state index contributed by atoms with van der Waals surface area (Å²) in [7, 11) is 0. The first-order chi connectivity index (χ1) is 9.65. The van der Waals surface area contributed by atoms with Gasteiger partial charge < -0.3 is 15.2 Å². The van der Waals surface area contributed by atoms with Gasteiger partial charge in [-0.05, 0) is 43.3 Å². The summed E-state index contributed by atoms with van der Waals surface area (Å²) in [5.74, 6) is 0. The van der Waals surface area contributed by atoms with Crippen molar-refractivity contribution in [1.82, 2.24) is 14.9 Å². The highest BCUT2D eigenvalue weighted by Crippen LogP contribution is 2.19. The van der Waals surface area contributed by atoms with E-state index in [1.165, 1.54) is 0 Å². The number of rotatable bonds is 5. The highest BCUT2D eigenvalue weighted by atomic mass is 35.5. The van der Waals surface area contributed by atoms with Gasteiger partial charge in [0.25, 0.3) is 0 Å². The molecule has 2 aromatic rings. The van der Waals surface area contributed by atoms with Gasteiger partial charge in [-0.15, -0.1) is 0 Å². The Morgan fingerprint density at radius 2 is 2.30 bits per heavy atom. The van der Waals surface area contributed by atoms with E-state index in [2.05, 4.69) is 15.6 Å². The molecule has 1 aromatic carbocycles. The van der Waals surface area contributed by atoms with Gasteiger partial charge in [-0.25, -0.2) is 4.98 Å². The standard InChI is InChI=1S/C14H17ClN4S/c1-11-3-4-12(9-13(11)15)18-14(20)17-5-2-7-19-8-6-16-10-19/h3-4,6,8-10H,2,5,7H2,1H3,(H2,17,18,20). The number of hydrogen-bond donors (Lipinski definition) is 2. The molecule has 0 spiro atoms. The molecular weight excluding hydrogens is 292 g/mol. The van der Waals surface area contributed by atoms with Crippen LogP contribution >= 0.6 is 23.8 Å². The number of imidazole rings is 1. The van der Waals surface area contributed by atoms with E-state index >= 15 is 0 Å². The second kappa shape index (κ2) is 7.26. The van der Waals surface area contributed by atoms with Crippen LogP contribution in [0.2, 0.25) is 5.02 Å². The molecule has 20 heavy (non-hydrogen) atoms. The van der Waals surface area contributed by atoms with Crippen LogP contribution in [0.25, 0.3) is 0 Å². The number of halogens is 1. The van der Waals surface area contributed by atoms with Gasteiger partial charge in [0.2, 0.25) is 0 Å². The van der Waals surface area contributed by atoms with Crippen molar-refractivity contribution in [3.05, 3.63) is 47.5 Å². The van der Waals surface area contributed by atoms with E-state index in [0.29, 0.717) is 5.11 Å². The molecule has 4 nitrogen and oxygen atoms in total. The Morgan fingerprint density at radius 3 is 3.00 bits per heavy atom. The van der Waals surface area contributed by atoms with Crippen molar-refractivity contribution in [1.29, 1.82) is 0 Å². The van der Waals surface area contributed by atoms with Crippen molar-refractivity contribution in [2.75, 3.05) is 11.9 Å². The Labute approximate surface area is 129 Å². The monoisotopic (exact) mass is 308 g/mol. The summed E-state index contributed by atoms with van der Waals surface area (Å²) in [6.45, 7) is 3.70. The van der Waals surface area contributed by atoms with Crippen LogP contribution in [0.15, 0.2) is 36.9 Å². The van der Waals surface area contributed by atoms with Crippen LogP contribution in [0.4, 0.5) is 5.69 Å². The molecule has 0 radical (unpaired) electrons. The van der Waals surface area contributed by atoms with Crippen LogP contribution < -0.4 is 10.6 Å². The largest absolute Gasteiger partial charge is 0.362 e. The van der Waals surface area contributed by atoms with Gasteiger partial charge in [-0.2, -0.15) is 0 Å². The molecule has 6 heteroatoms. The Kier molecular flexibility index (Phi) is 5.38. The zero-order valence-corrected chi connectivity index (χ0v) is 12.8. The van der Waals surface area contributed by atoms with E-state index in [-0.39, 0.29) is 0 Å². The van der Waals surface area contributed by atoms with E-state index in [1.807, 2.05) is 42.2 Å². The van der Waals surface area contributed by atoms with E-state index < -0.39 is 0 Å². The summed E-state index contributed by atoms with van der Waals surface area (Å²) < 4.78 is 2.04. The van der Waals surface area contributed by atoms with Crippen LogP contribution in [0.1, 0.15) is 12.0 Å². The van der Waals surface area contributed by atoms with Crippen LogP contribution in [0.5, 0.6) is 0 Å². The van der Waals surface area contributed by atoms with E-state index in [1.54, 1.807) is 6.20 Å². The smallest absolute Gasteiger partial charge is 0.170 e. The fourth-order valence-corrected chi connectivity index (χ4v) is 2.13. The van der Waals surface area contributed by atoms with E-state index in [4.69, 9.17) is 23.8 Å². The third-order valence-corrected chi connectivity index (χ3v) is 3.52. The maximum absolute atomic E-state index is 6.07. The first kappa shape index (κ1) is 14.8. The number of anilines is 1. The molecule has 0 amide bonds. The number of nitrogens with one attached hydrogen (secondary N) is 2. The molecule has 0 fully saturated rings. The third kappa shape index (κ3) is 4.51. The van der Waals surface area contributed by atoms with Crippen LogP contribution in [0.3, 0.4) is 0 Å². The molecule has 106 valence electrons. The van der Waals surface area contributed by atoms with Crippen LogP contribution in [-0.4, -0.2) is 21.2 Å². The second-order valence-electron chi connectivity index (χ2n) is 4.50. The molecule has 0 unspecified atom stereocenters. The number of thiocarbonyl (C=S) groups is 1. The lowest BCUT2D eigenvalue weighted by molar-refractivity contribution is 0.632. The van der Waals surface area contributed by atoms with E-state index in [9.17, 15) is 0 Å². The summed E-state index contributed by atoms with van der Waals surface area (Å²) in [6, 6.07) is 5.80. The highest BCUT2D eigenvalue weighted by Gasteiger charge is 2.00. The number of hydrogen-bond acceptors (Lipinski definition) is 2. The fraction of sp³-hybridized carbons (Fsp3) is 0.286. The molecule has 1 aromatic heterocycles. The minimum atomic E-state index is 0.607. The van der Waals surface area contributed by atoms with Crippen molar-refractivity contribution in [2.45, 2.75) is 19.9 Å². The van der Waals surface area contributed by atoms with Gasteiger partial charge in [0.15, 0.2) is 5.11 Å². The molecule has 1 heterocycles. The van der Waals surface area contributed by atoms with Gasteiger partial charge in [-0.3, -0.25) is 0 Å². The van der Waals surface area contributed by atoms with Crippen molar-refractivity contribution in [2.24, 2.45) is 0 Å². The number of benzene rings is 1. The quantitative estimate of drug-likeness (QED) is 0.657. The topological polar surface area (TPSA) is 41.9 Å². The van der Waals surface area contributed by atoms with Crippen molar-refractivity contribution >= 4 is 34.6 Å². The third-order valence-electron chi connectivity index (χ3n) is 2.87. The number of aromatic nitrogens is 2. The molecule has 0 atom stereocenters. The molecule has 0 saturated carbocycles. The maximum atomic E-state index is 6.07. The summed E-state index contributed by atoms with van der Waals surface area (Å²) in [4.78, 5) is 4.00. The molecule has 2 rings (SSSR count). The predicted molar refractivity (Wildman–Crippen MR) is 87.3 cm³/mol. The zero-order chi connectivity index (χ0) is 14.4. The molecule has 0 aliphatic rings. The zero-order valence-electron chi connectivity index (χ0n) is 11.3. The number of aryl methyl sites for hydroxylation is 2.